The first-order valence-corrected chi connectivity index (χ1v) is 4.43. The number of rotatable bonds is 1. The number of para-hydroxylation sites is 1. The van der Waals surface area contributed by atoms with Crippen molar-refractivity contribution in [2.24, 2.45) is 0 Å². The highest BCUT2D eigenvalue weighted by atomic mass is 16.5. The van der Waals surface area contributed by atoms with E-state index < -0.39 is 0 Å². The fourth-order valence-corrected chi connectivity index (χ4v) is 1.51. The number of aromatic nitrogens is 1. The number of aryl methyl sites for hydroxylation is 1. The van der Waals surface area contributed by atoms with Crippen LogP contribution in [0.25, 0.3) is 10.9 Å². The van der Waals surface area contributed by atoms with Gasteiger partial charge in [0.2, 0.25) is 0 Å². The molecule has 3 heteroatoms. The van der Waals surface area contributed by atoms with Crippen molar-refractivity contribution in [1.29, 1.82) is 0 Å². The Balaban J connectivity index is 2.59. The second-order valence-electron chi connectivity index (χ2n) is 3.24. The van der Waals surface area contributed by atoms with Crippen LogP contribution in [0.4, 0.5) is 0 Å². The number of nitrogens with one attached hydrogen (secondary N) is 1. The molecule has 14 heavy (non-hydrogen) atoms. The Morgan fingerprint density at radius 3 is 2.93 bits per heavy atom. The summed E-state index contributed by atoms with van der Waals surface area (Å²) in [4.78, 5) is 13.9. The number of benzene rings is 1. The highest BCUT2D eigenvalue weighted by Crippen LogP contribution is 2.26. The second-order valence-corrected chi connectivity index (χ2v) is 3.24. The number of H-pyrrole nitrogens is 1. The molecular formula is C11H11NO2. The maximum Gasteiger partial charge on any atom is 0.308 e. The van der Waals surface area contributed by atoms with Crippen LogP contribution < -0.4 is 4.74 Å². The minimum atomic E-state index is -0.301. The third-order valence-corrected chi connectivity index (χ3v) is 2.14. The van der Waals surface area contributed by atoms with E-state index in [0.717, 1.165) is 16.5 Å². The molecule has 0 radical (unpaired) electrons. The fraction of sp³-hybridized carbons (Fsp3) is 0.182. The van der Waals surface area contributed by atoms with E-state index in [4.69, 9.17) is 4.74 Å². The van der Waals surface area contributed by atoms with Crippen molar-refractivity contribution in [2.45, 2.75) is 13.8 Å². The van der Waals surface area contributed by atoms with Crippen LogP contribution in [0.3, 0.4) is 0 Å². The lowest BCUT2D eigenvalue weighted by atomic mass is 10.2. The zero-order valence-corrected chi connectivity index (χ0v) is 8.13. The first kappa shape index (κ1) is 8.81. The van der Waals surface area contributed by atoms with Crippen LogP contribution in [0, 0.1) is 6.92 Å². The van der Waals surface area contributed by atoms with Crippen LogP contribution in [0.1, 0.15) is 12.5 Å². The van der Waals surface area contributed by atoms with Crippen LogP contribution >= 0.6 is 0 Å². The Hall–Kier alpha value is -1.77. The molecule has 1 N–H and O–H groups in total. The van der Waals surface area contributed by atoms with Gasteiger partial charge in [0.15, 0.2) is 5.75 Å². The minimum absolute atomic E-state index is 0.301. The zero-order chi connectivity index (χ0) is 10.1. The third kappa shape index (κ3) is 1.37. The Labute approximate surface area is 81.7 Å². The molecular weight excluding hydrogens is 178 g/mol. The Bertz CT molecular complexity index is 485. The third-order valence-electron chi connectivity index (χ3n) is 2.14. The van der Waals surface area contributed by atoms with Gasteiger partial charge in [-0.05, 0) is 18.6 Å². The summed E-state index contributed by atoms with van der Waals surface area (Å²) in [5.74, 6) is 0.285. The van der Waals surface area contributed by atoms with Gasteiger partial charge in [0.25, 0.3) is 0 Å². The van der Waals surface area contributed by atoms with Gasteiger partial charge >= 0.3 is 5.97 Å². The van der Waals surface area contributed by atoms with E-state index in [1.54, 1.807) is 6.07 Å². The lowest BCUT2D eigenvalue weighted by Gasteiger charge is -2.02. The highest BCUT2D eigenvalue weighted by molar-refractivity contribution is 5.89. The average Bonchev–Trinajstić information content (AvgIpc) is 2.49. The lowest BCUT2D eigenvalue weighted by Crippen LogP contribution is -2.01. The van der Waals surface area contributed by atoms with Crippen molar-refractivity contribution in [3.05, 3.63) is 30.0 Å². The molecule has 0 aliphatic carbocycles. The van der Waals surface area contributed by atoms with E-state index >= 15 is 0 Å². The van der Waals surface area contributed by atoms with Crippen LogP contribution in [-0.4, -0.2) is 11.0 Å². The van der Waals surface area contributed by atoms with Gasteiger partial charge in [-0.3, -0.25) is 4.79 Å². The van der Waals surface area contributed by atoms with E-state index in [-0.39, 0.29) is 5.97 Å². The maximum atomic E-state index is 10.8. The van der Waals surface area contributed by atoms with Crippen molar-refractivity contribution < 1.29 is 9.53 Å². The molecule has 0 saturated carbocycles. The predicted molar refractivity (Wildman–Crippen MR) is 54.3 cm³/mol. The normalized spacial score (nSPS) is 10.4. The summed E-state index contributed by atoms with van der Waals surface area (Å²) in [5, 5.41) is 1.09. The summed E-state index contributed by atoms with van der Waals surface area (Å²) in [6, 6.07) is 5.65. The van der Waals surface area contributed by atoms with E-state index in [9.17, 15) is 4.79 Å². The van der Waals surface area contributed by atoms with Crippen molar-refractivity contribution in [2.75, 3.05) is 0 Å². The number of carbonyl (C=O) groups excluding carboxylic acids is 1. The Kier molecular flexibility index (Phi) is 2.00. The molecule has 0 spiro atoms. The number of hydrogen-bond donors (Lipinski definition) is 1. The highest BCUT2D eigenvalue weighted by Gasteiger charge is 2.06. The average molecular weight is 189 g/mol. The molecule has 72 valence electrons. The molecule has 1 heterocycles. The quantitative estimate of drug-likeness (QED) is 0.553. The SMILES string of the molecule is CC(=O)Oc1cccc2c(C)c[nH]c12. The first-order chi connectivity index (χ1) is 6.68. The molecule has 0 atom stereocenters. The van der Waals surface area contributed by atoms with Crippen LogP contribution in [-0.2, 0) is 4.79 Å². The van der Waals surface area contributed by atoms with Gasteiger partial charge in [-0.1, -0.05) is 12.1 Å². The second kappa shape index (κ2) is 3.18. The first-order valence-electron chi connectivity index (χ1n) is 4.43. The molecule has 0 aliphatic rings. The van der Waals surface area contributed by atoms with E-state index in [1.165, 1.54) is 6.92 Å². The summed E-state index contributed by atoms with van der Waals surface area (Å²) < 4.78 is 5.07. The molecule has 0 fully saturated rings. The number of aromatic amines is 1. The molecule has 0 bridgehead atoms. The molecule has 0 amide bonds. The summed E-state index contributed by atoms with van der Waals surface area (Å²) in [6.45, 7) is 3.41. The standard InChI is InChI=1S/C11H11NO2/c1-7-6-12-11-9(7)4-3-5-10(11)14-8(2)13/h3-6,12H,1-2H3. The van der Waals surface area contributed by atoms with E-state index in [0.29, 0.717) is 5.75 Å². The van der Waals surface area contributed by atoms with Crippen molar-refractivity contribution >= 4 is 16.9 Å². The predicted octanol–water partition coefficient (Wildman–Crippen LogP) is 2.40. The van der Waals surface area contributed by atoms with Gasteiger partial charge in [-0.2, -0.15) is 0 Å². The van der Waals surface area contributed by atoms with Crippen molar-refractivity contribution in [1.82, 2.24) is 4.98 Å². The van der Waals surface area contributed by atoms with Gasteiger partial charge in [0.1, 0.15) is 0 Å². The molecule has 1 aromatic carbocycles. The molecule has 0 saturated heterocycles. The van der Waals surface area contributed by atoms with Crippen molar-refractivity contribution in [3.8, 4) is 5.75 Å². The molecule has 2 aromatic rings. The van der Waals surface area contributed by atoms with Crippen LogP contribution in [0.2, 0.25) is 0 Å². The Morgan fingerprint density at radius 1 is 1.43 bits per heavy atom. The number of esters is 1. The molecule has 0 aliphatic heterocycles. The number of fused-ring (bicyclic) bond motifs is 1. The topological polar surface area (TPSA) is 42.1 Å². The molecule has 0 unspecified atom stereocenters. The van der Waals surface area contributed by atoms with Gasteiger partial charge in [-0.25, -0.2) is 0 Å². The number of hydrogen-bond acceptors (Lipinski definition) is 2. The van der Waals surface area contributed by atoms with Gasteiger partial charge in [0.05, 0.1) is 5.52 Å². The molecule has 2 rings (SSSR count). The van der Waals surface area contributed by atoms with Crippen LogP contribution in [0.15, 0.2) is 24.4 Å². The smallest absolute Gasteiger partial charge is 0.308 e. The minimum Gasteiger partial charge on any atom is -0.424 e. The number of ether oxygens (including phenoxy) is 1. The monoisotopic (exact) mass is 189 g/mol. The summed E-state index contributed by atoms with van der Waals surface area (Å²) in [7, 11) is 0. The van der Waals surface area contributed by atoms with Gasteiger partial charge < -0.3 is 9.72 Å². The number of carbonyl (C=O) groups is 1. The zero-order valence-electron chi connectivity index (χ0n) is 8.13. The lowest BCUT2D eigenvalue weighted by molar-refractivity contribution is -0.131. The maximum absolute atomic E-state index is 10.8. The van der Waals surface area contributed by atoms with Crippen molar-refractivity contribution in [3.63, 3.8) is 0 Å². The molecule has 3 nitrogen and oxygen atoms in total. The fourth-order valence-electron chi connectivity index (χ4n) is 1.51. The summed E-state index contributed by atoms with van der Waals surface area (Å²) in [6.07, 6.45) is 1.90. The van der Waals surface area contributed by atoms with Gasteiger partial charge in [0, 0.05) is 18.5 Å². The Morgan fingerprint density at radius 2 is 2.21 bits per heavy atom. The van der Waals surface area contributed by atoms with Gasteiger partial charge in [-0.15, -0.1) is 0 Å². The van der Waals surface area contributed by atoms with Crippen LogP contribution in [0.5, 0.6) is 5.75 Å². The summed E-state index contributed by atoms with van der Waals surface area (Å²) >= 11 is 0. The summed E-state index contributed by atoms with van der Waals surface area (Å²) in [5.41, 5.74) is 2.02. The van der Waals surface area contributed by atoms with E-state index in [1.807, 2.05) is 25.3 Å². The molecule has 1 aromatic heterocycles. The largest absolute Gasteiger partial charge is 0.424 e. The van der Waals surface area contributed by atoms with E-state index in [2.05, 4.69) is 4.98 Å².